The fourth-order valence-electron chi connectivity index (χ4n) is 2.60. The van der Waals surface area contributed by atoms with Crippen molar-refractivity contribution >= 4 is 35.2 Å². The first kappa shape index (κ1) is 18.9. The third-order valence-corrected chi connectivity index (χ3v) is 4.58. The average molecular weight is 442 g/mol. The zero-order valence-corrected chi connectivity index (χ0v) is 15.4. The minimum Gasteiger partial charge on any atom is -0.474 e. The van der Waals surface area contributed by atoms with E-state index in [2.05, 4.69) is 0 Å². The molecule has 0 radical (unpaired) electrons. The number of ether oxygens (including phenoxy) is 2. The van der Waals surface area contributed by atoms with E-state index in [1.807, 2.05) is 0 Å². The van der Waals surface area contributed by atoms with Gasteiger partial charge in [0.15, 0.2) is 0 Å². The number of aromatic nitrogens is 2. The highest BCUT2D eigenvalue weighted by molar-refractivity contribution is 6.36. The molecule has 2 aliphatic rings. The molecule has 0 N–H and O–H groups in total. The Morgan fingerprint density at radius 2 is 2.04 bits per heavy atom. The van der Waals surface area contributed by atoms with Crippen molar-refractivity contribution < 1.29 is 36.9 Å². The van der Waals surface area contributed by atoms with Crippen LogP contribution < -0.4 is 14.6 Å². The third-order valence-electron chi connectivity index (χ3n) is 4.08. The van der Waals surface area contributed by atoms with Crippen molar-refractivity contribution in [3.63, 3.8) is 0 Å². The lowest BCUT2D eigenvalue weighted by atomic mass is 10.0. The number of halogens is 5. The number of alkyl halides is 3. The fourth-order valence-corrected chi connectivity index (χ4v) is 3.15. The van der Waals surface area contributed by atoms with Gasteiger partial charge >= 0.3 is 12.1 Å². The fraction of sp³-hybridized carbons (Fsp3) is 0.400. The van der Waals surface area contributed by atoms with Crippen molar-refractivity contribution in [3.05, 3.63) is 33.3 Å². The summed E-state index contributed by atoms with van der Waals surface area (Å²) in [5.41, 5.74) is -0.627. The van der Waals surface area contributed by atoms with Crippen LogP contribution in [0.5, 0.6) is 5.75 Å². The zero-order chi connectivity index (χ0) is 20.1. The molecule has 28 heavy (non-hydrogen) atoms. The van der Waals surface area contributed by atoms with Gasteiger partial charge in [-0.25, -0.2) is 4.79 Å². The molecule has 8 nitrogen and oxygen atoms in total. The van der Waals surface area contributed by atoms with Crippen LogP contribution in [-0.4, -0.2) is 48.1 Å². The van der Waals surface area contributed by atoms with Crippen molar-refractivity contribution in [3.8, 4) is 5.75 Å². The van der Waals surface area contributed by atoms with Gasteiger partial charge < -0.3 is 14.3 Å². The molecule has 1 aromatic heterocycles. The highest BCUT2D eigenvalue weighted by Gasteiger charge is 2.49. The van der Waals surface area contributed by atoms with Crippen LogP contribution in [-0.2, 0) is 9.53 Å². The minimum atomic E-state index is -4.87. The van der Waals surface area contributed by atoms with Gasteiger partial charge in [0.25, 0.3) is 6.79 Å². The van der Waals surface area contributed by atoms with E-state index in [1.54, 1.807) is 5.01 Å². The largest absolute Gasteiger partial charge is 0.474 e. The van der Waals surface area contributed by atoms with Crippen molar-refractivity contribution in [2.45, 2.75) is 18.7 Å². The first-order chi connectivity index (χ1) is 13.2. The van der Waals surface area contributed by atoms with Crippen LogP contribution in [0.25, 0.3) is 6.08 Å². The smallest absolute Gasteiger partial charge is 0.430 e. The van der Waals surface area contributed by atoms with Crippen LogP contribution in [0.4, 0.5) is 13.2 Å². The summed E-state index contributed by atoms with van der Waals surface area (Å²) in [5.74, 6) is -1.48. The van der Waals surface area contributed by atoms with Gasteiger partial charge in [-0.05, 0) is 24.6 Å². The molecule has 1 atom stereocenters. The molecule has 0 spiro atoms. The molecule has 152 valence electrons. The second kappa shape index (κ2) is 6.89. The van der Waals surface area contributed by atoms with Crippen LogP contribution in [0, 0.1) is 0 Å². The van der Waals surface area contributed by atoms with Gasteiger partial charge in [-0.3, -0.25) is 5.01 Å². The molecule has 1 saturated heterocycles. The number of esters is 1. The second-order valence-electron chi connectivity index (χ2n) is 6.00. The van der Waals surface area contributed by atoms with Gasteiger partial charge in [0, 0.05) is 28.6 Å². The predicted octanol–water partition coefficient (Wildman–Crippen LogP) is 2.87. The Kier molecular flexibility index (Phi) is 4.66. The minimum absolute atomic E-state index is 0.103. The molecule has 1 aromatic carbocycles. The van der Waals surface area contributed by atoms with Crippen LogP contribution in [0.1, 0.15) is 12.0 Å². The predicted molar refractivity (Wildman–Crippen MR) is 89.7 cm³/mol. The van der Waals surface area contributed by atoms with Crippen molar-refractivity contribution in [2.75, 3.05) is 24.9 Å². The van der Waals surface area contributed by atoms with Crippen LogP contribution >= 0.6 is 23.2 Å². The molecule has 0 aliphatic carbocycles. The van der Waals surface area contributed by atoms with E-state index in [0.29, 0.717) is 0 Å². The van der Waals surface area contributed by atoms with E-state index in [-0.39, 0.29) is 21.4 Å². The van der Waals surface area contributed by atoms with Gasteiger partial charge in [-0.15, -0.1) is 0 Å². The maximum atomic E-state index is 13.4. The number of carbonyl (C=O) groups is 1. The highest BCUT2D eigenvalue weighted by atomic mass is 35.5. The molecule has 2 aliphatic heterocycles. The van der Waals surface area contributed by atoms with Crippen molar-refractivity contribution in [1.82, 2.24) is 9.98 Å². The van der Waals surface area contributed by atoms with E-state index in [1.165, 1.54) is 17.1 Å². The standard InChI is InChI=1S/C15H12Cl2F3N3O5/c16-9-4-8-5-10(13(15(18,19)20)27-12(8)11(17)6-9)14(24)25-7-26-23-22(28-23)21-2-1-3-21/h4-6,13H,1-3,7H2. The summed E-state index contributed by atoms with van der Waals surface area (Å²) in [6.07, 6.45) is -5.42. The van der Waals surface area contributed by atoms with Gasteiger partial charge in [0.1, 0.15) is 10.8 Å². The Hall–Kier alpha value is -2.40. The van der Waals surface area contributed by atoms with E-state index >= 15 is 0 Å². The topological polar surface area (TPSA) is 71.0 Å². The molecular formula is C15H12Cl2F3N3O5. The average Bonchev–Trinajstić information content (AvgIpc) is 3.29. The number of fused-ring (bicyclic) bond motifs is 1. The molecule has 0 bridgehead atoms. The Morgan fingerprint density at radius 1 is 1.29 bits per heavy atom. The van der Waals surface area contributed by atoms with Gasteiger partial charge in [0.2, 0.25) is 6.10 Å². The molecule has 0 saturated carbocycles. The molecule has 2 aromatic rings. The van der Waals surface area contributed by atoms with Crippen LogP contribution in [0.15, 0.2) is 22.3 Å². The molecule has 0 amide bonds. The van der Waals surface area contributed by atoms with Crippen molar-refractivity contribution in [2.24, 2.45) is 0 Å². The van der Waals surface area contributed by atoms with Gasteiger partial charge in [0.05, 0.1) is 10.6 Å². The van der Waals surface area contributed by atoms with E-state index in [4.69, 9.17) is 42.1 Å². The lowest BCUT2D eigenvalue weighted by Gasteiger charge is -2.28. The van der Waals surface area contributed by atoms with E-state index in [9.17, 15) is 18.0 Å². The third kappa shape index (κ3) is 3.63. The summed E-state index contributed by atoms with van der Waals surface area (Å²) in [5, 5.41) is 2.81. The number of benzene rings is 1. The van der Waals surface area contributed by atoms with E-state index in [0.717, 1.165) is 30.6 Å². The normalized spacial score (nSPS) is 18.8. The summed E-state index contributed by atoms with van der Waals surface area (Å²) < 4.78 is 54.8. The quantitative estimate of drug-likeness (QED) is 0.524. The Bertz CT molecular complexity index is 929. The first-order valence-electron chi connectivity index (χ1n) is 8.01. The lowest BCUT2D eigenvalue weighted by Crippen LogP contribution is -2.44. The SMILES string of the molecule is O=C(OCOn1on1N1CCC1)C1=Cc2cc(Cl)cc(Cl)c2OC1C(F)(F)F. The Labute approximate surface area is 165 Å². The lowest BCUT2D eigenvalue weighted by molar-refractivity contribution is -0.190. The van der Waals surface area contributed by atoms with Crippen LogP contribution in [0.2, 0.25) is 10.0 Å². The van der Waals surface area contributed by atoms with Gasteiger partial charge in [-0.2, -0.15) is 17.8 Å². The maximum Gasteiger partial charge on any atom is 0.430 e. The summed E-state index contributed by atoms with van der Waals surface area (Å²) in [6, 6.07) is 2.57. The number of carbonyl (C=O) groups excluding carboxylic acids is 1. The second-order valence-corrected chi connectivity index (χ2v) is 6.85. The highest BCUT2D eigenvalue weighted by Crippen LogP contribution is 2.42. The maximum absolute atomic E-state index is 13.4. The van der Waals surface area contributed by atoms with E-state index < -0.39 is 30.6 Å². The monoisotopic (exact) mass is 441 g/mol. The molecule has 1 fully saturated rings. The molecule has 3 heterocycles. The van der Waals surface area contributed by atoms with Crippen molar-refractivity contribution in [1.29, 1.82) is 0 Å². The number of nitrogens with zero attached hydrogens (tertiary/aromatic N) is 3. The Morgan fingerprint density at radius 3 is 2.68 bits per heavy atom. The summed E-state index contributed by atoms with van der Waals surface area (Å²) in [7, 11) is 0. The molecule has 4 rings (SSSR count). The van der Waals surface area contributed by atoms with Gasteiger partial charge in [-0.1, -0.05) is 23.2 Å². The summed E-state index contributed by atoms with van der Waals surface area (Å²) in [6.45, 7) is 0.900. The zero-order valence-electron chi connectivity index (χ0n) is 13.9. The summed E-state index contributed by atoms with van der Waals surface area (Å²) in [4.78, 5) is 18.5. The summed E-state index contributed by atoms with van der Waals surface area (Å²) >= 11 is 11.8. The molecule has 13 heteroatoms. The molecular weight excluding hydrogens is 430 g/mol. The van der Waals surface area contributed by atoms with Crippen LogP contribution in [0.3, 0.4) is 0 Å². The molecule has 1 unspecified atom stereocenters. The number of hydrogen-bond donors (Lipinski definition) is 0. The first-order valence-corrected chi connectivity index (χ1v) is 8.77. The number of rotatable bonds is 5. The number of hydrogen-bond acceptors (Lipinski definition) is 6. The Balaban J connectivity index is 1.48.